The quantitative estimate of drug-likeness (QED) is 0.776. The standard InChI is InChI=1S/C14H11ClN2O2/c1-18-13-7-6-9(8-11(13)15)16-14-10-4-2-3-5-12(10)19-17-14/h2-8H,1H3,(H,16,17). The molecule has 0 saturated heterocycles. The average Bonchev–Trinajstić information content (AvgIpc) is 2.83. The molecule has 1 N–H and O–H groups in total. The van der Waals surface area contributed by atoms with Crippen molar-refractivity contribution in [2.45, 2.75) is 0 Å². The molecule has 0 radical (unpaired) electrons. The minimum Gasteiger partial charge on any atom is -0.495 e. The number of nitrogens with zero attached hydrogens (tertiary/aromatic N) is 1. The van der Waals surface area contributed by atoms with Crippen molar-refractivity contribution >= 4 is 34.1 Å². The Morgan fingerprint density at radius 2 is 2.05 bits per heavy atom. The van der Waals surface area contributed by atoms with Crippen molar-refractivity contribution in [1.82, 2.24) is 5.16 Å². The van der Waals surface area contributed by atoms with E-state index in [4.69, 9.17) is 20.9 Å². The lowest BCUT2D eigenvalue weighted by Crippen LogP contribution is -1.92. The van der Waals surface area contributed by atoms with Gasteiger partial charge in [0.2, 0.25) is 0 Å². The smallest absolute Gasteiger partial charge is 0.181 e. The predicted octanol–water partition coefficient (Wildman–Crippen LogP) is 4.23. The lowest BCUT2D eigenvalue weighted by molar-refractivity contribution is 0.415. The van der Waals surface area contributed by atoms with E-state index in [2.05, 4.69) is 10.5 Å². The second kappa shape index (κ2) is 4.82. The van der Waals surface area contributed by atoms with E-state index < -0.39 is 0 Å². The summed E-state index contributed by atoms with van der Waals surface area (Å²) in [5, 5.41) is 8.64. The molecule has 5 heteroatoms. The monoisotopic (exact) mass is 274 g/mol. The highest BCUT2D eigenvalue weighted by atomic mass is 35.5. The number of nitrogens with one attached hydrogen (secondary N) is 1. The summed E-state index contributed by atoms with van der Waals surface area (Å²) in [5.41, 5.74) is 1.56. The van der Waals surface area contributed by atoms with Crippen LogP contribution in [0.4, 0.5) is 11.5 Å². The number of fused-ring (bicyclic) bond motifs is 1. The van der Waals surface area contributed by atoms with E-state index in [9.17, 15) is 0 Å². The Morgan fingerprint density at radius 1 is 1.21 bits per heavy atom. The summed E-state index contributed by atoms with van der Waals surface area (Å²) >= 11 is 6.08. The van der Waals surface area contributed by atoms with Crippen LogP contribution in [0.15, 0.2) is 47.0 Å². The molecule has 0 atom stereocenters. The molecule has 96 valence electrons. The zero-order chi connectivity index (χ0) is 13.2. The summed E-state index contributed by atoms with van der Waals surface area (Å²) in [7, 11) is 1.58. The third-order valence-corrected chi connectivity index (χ3v) is 3.09. The largest absolute Gasteiger partial charge is 0.495 e. The fourth-order valence-electron chi connectivity index (χ4n) is 1.86. The summed E-state index contributed by atoms with van der Waals surface area (Å²) in [6.45, 7) is 0. The van der Waals surface area contributed by atoms with Gasteiger partial charge in [-0.15, -0.1) is 0 Å². The van der Waals surface area contributed by atoms with Gasteiger partial charge in [0.1, 0.15) is 5.75 Å². The van der Waals surface area contributed by atoms with E-state index in [1.807, 2.05) is 30.3 Å². The summed E-state index contributed by atoms with van der Waals surface area (Å²) in [6.07, 6.45) is 0. The first-order valence-electron chi connectivity index (χ1n) is 5.73. The van der Waals surface area contributed by atoms with Crippen molar-refractivity contribution in [3.63, 3.8) is 0 Å². The number of ether oxygens (including phenoxy) is 1. The molecule has 0 saturated carbocycles. The van der Waals surface area contributed by atoms with Crippen LogP contribution in [-0.2, 0) is 0 Å². The summed E-state index contributed by atoms with van der Waals surface area (Å²) in [5.74, 6) is 1.30. The second-order valence-electron chi connectivity index (χ2n) is 4.00. The van der Waals surface area contributed by atoms with Crippen molar-refractivity contribution in [2.24, 2.45) is 0 Å². The zero-order valence-electron chi connectivity index (χ0n) is 10.2. The highest BCUT2D eigenvalue weighted by Gasteiger charge is 2.08. The number of hydrogen-bond acceptors (Lipinski definition) is 4. The molecule has 0 aliphatic heterocycles. The number of rotatable bonds is 3. The Kier molecular flexibility index (Phi) is 3.01. The maximum Gasteiger partial charge on any atom is 0.181 e. The van der Waals surface area contributed by atoms with E-state index in [0.29, 0.717) is 16.6 Å². The van der Waals surface area contributed by atoms with Gasteiger partial charge >= 0.3 is 0 Å². The molecular weight excluding hydrogens is 264 g/mol. The highest BCUT2D eigenvalue weighted by Crippen LogP contribution is 2.30. The summed E-state index contributed by atoms with van der Waals surface area (Å²) in [4.78, 5) is 0. The van der Waals surface area contributed by atoms with E-state index in [1.54, 1.807) is 19.2 Å². The maximum atomic E-state index is 6.08. The molecule has 1 aromatic heterocycles. The Morgan fingerprint density at radius 3 is 2.84 bits per heavy atom. The fourth-order valence-corrected chi connectivity index (χ4v) is 2.11. The number of halogens is 1. The first-order chi connectivity index (χ1) is 9.28. The molecule has 1 heterocycles. The van der Waals surface area contributed by atoms with E-state index >= 15 is 0 Å². The first-order valence-corrected chi connectivity index (χ1v) is 6.11. The first kappa shape index (κ1) is 11.9. The maximum absolute atomic E-state index is 6.08. The summed E-state index contributed by atoms with van der Waals surface area (Å²) < 4.78 is 10.3. The number of anilines is 2. The SMILES string of the molecule is COc1ccc(Nc2noc3ccccc23)cc1Cl. The van der Waals surface area contributed by atoms with Gasteiger partial charge < -0.3 is 14.6 Å². The molecule has 2 aromatic carbocycles. The molecule has 0 aliphatic rings. The molecule has 19 heavy (non-hydrogen) atoms. The second-order valence-corrected chi connectivity index (χ2v) is 4.41. The average molecular weight is 275 g/mol. The van der Waals surface area contributed by atoms with E-state index in [1.165, 1.54) is 0 Å². The molecule has 0 unspecified atom stereocenters. The van der Waals surface area contributed by atoms with Crippen LogP contribution in [-0.4, -0.2) is 12.3 Å². The van der Waals surface area contributed by atoms with Gasteiger partial charge in [0, 0.05) is 5.69 Å². The van der Waals surface area contributed by atoms with Crippen LogP contribution in [0.2, 0.25) is 5.02 Å². The predicted molar refractivity (Wildman–Crippen MR) is 75.3 cm³/mol. The molecule has 0 bridgehead atoms. The van der Waals surface area contributed by atoms with Crippen molar-refractivity contribution in [2.75, 3.05) is 12.4 Å². The topological polar surface area (TPSA) is 47.3 Å². The van der Waals surface area contributed by atoms with Crippen LogP contribution >= 0.6 is 11.6 Å². The van der Waals surface area contributed by atoms with Gasteiger partial charge in [0.05, 0.1) is 17.5 Å². The minimum atomic E-state index is 0.542. The third-order valence-electron chi connectivity index (χ3n) is 2.79. The molecule has 0 aliphatic carbocycles. The van der Waals surface area contributed by atoms with Gasteiger partial charge in [-0.1, -0.05) is 28.9 Å². The lowest BCUT2D eigenvalue weighted by Gasteiger charge is -2.06. The van der Waals surface area contributed by atoms with E-state index in [-0.39, 0.29) is 0 Å². The Labute approximate surface area is 114 Å². The van der Waals surface area contributed by atoms with Gasteiger partial charge in [-0.05, 0) is 30.3 Å². The highest BCUT2D eigenvalue weighted by molar-refractivity contribution is 6.32. The van der Waals surface area contributed by atoms with E-state index in [0.717, 1.165) is 16.7 Å². The zero-order valence-corrected chi connectivity index (χ0v) is 10.9. The number of benzene rings is 2. The lowest BCUT2D eigenvalue weighted by atomic mass is 10.2. The number of methoxy groups -OCH3 is 1. The molecule has 0 spiro atoms. The van der Waals surface area contributed by atoms with Crippen LogP contribution in [0.25, 0.3) is 11.0 Å². The van der Waals surface area contributed by atoms with Crippen LogP contribution in [0.5, 0.6) is 5.75 Å². The molecule has 0 fully saturated rings. The molecule has 3 rings (SSSR count). The normalized spacial score (nSPS) is 10.6. The Bertz CT molecular complexity index is 724. The third kappa shape index (κ3) is 2.22. The van der Waals surface area contributed by atoms with Crippen LogP contribution < -0.4 is 10.1 Å². The van der Waals surface area contributed by atoms with Gasteiger partial charge in [0.15, 0.2) is 11.4 Å². The van der Waals surface area contributed by atoms with Gasteiger partial charge in [-0.3, -0.25) is 0 Å². The van der Waals surface area contributed by atoms with Gasteiger partial charge in [0.25, 0.3) is 0 Å². The molecule has 4 nitrogen and oxygen atoms in total. The molecule has 0 amide bonds. The number of hydrogen-bond donors (Lipinski definition) is 1. The fraction of sp³-hybridized carbons (Fsp3) is 0.0714. The van der Waals surface area contributed by atoms with Crippen molar-refractivity contribution in [3.8, 4) is 5.75 Å². The Balaban J connectivity index is 1.95. The van der Waals surface area contributed by atoms with Crippen molar-refractivity contribution < 1.29 is 9.26 Å². The van der Waals surface area contributed by atoms with Crippen LogP contribution in [0.1, 0.15) is 0 Å². The summed E-state index contributed by atoms with van der Waals surface area (Å²) in [6, 6.07) is 13.1. The van der Waals surface area contributed by atoms with Gasteiger partial charge in [-0.2, -0.15) is 0 Å². The van der Waals surface area contributed by atoms with Crippen molar-refractivity contribution in [3.05, 3.63) is 47.5 Å². The van der Waals surface area contributed by atoms with Crippen molar-refractivity contribution in [1.29, 1.82) is 0 Å². The minimum absolute atomic E-state index is 0.542. The Hall–Kier alpha value is -2.20. The van der Waals surface area contributed by atoms with Crippen LogP contribution in [0, 0.1) is 0 Å². The van der Waals surface area contributed by atoms with Gasteiger partial charge in [-0.25, -0.2) is 0 Å². The number of aromatic nitrogens is 1. The number of para-hydroxylation sites is 1. The van der Waals surface area contributed by atoms with Crippen LogP contribution in [0.3, 0.4) is 0 Å². The molecular formula is C14H11ClN2O2. The molecule has 3 aromatic rings.